The molecule has 2 aliphatic rings. The maximum Gasteiger partial charge on any atom is 0.304 e. The van der Waals surface area contributed by atoms with Crippen LogP contribution < -0.4 is 4.74 Å². The second-order valence-corrected chi connectivity index (χ2v) is 13.6. The molecule has 0 saturated carbocycles. The van der Waals surface area contributed by atoms with Crippen molar-refractivity contribution in [1.29, 1.82) is 0 Å². The first-order valence-corrected chi connectivity index (χ1v) is 16.0. The van der Waals surface area contributed by atoms with Crippen molar-refractivity contribution in [3.63, 3.8) is 0 Å². The number of rotatable bonds is 7. The summed E-state index contributed by atoms with van der Waals surface area (Å²) in [7, 11) is -2.09. The number of halogens is 1. The first-order valence-electron chi connectivity index (χ1n) is 14.2. The highest BCUT2D eigenvalue weighted by Crippen LogP contribution is 2.39. The Hall–Kier alpha value is -3.47. The lowest BCUT2D eigenvalue weighted by Crippen LogP contribution is -2.36. The monoisotopic (exact) mass is 608 g/mol. The molecular weight excluding hydrogens is 576 g/mol. The SMILES string of the molecule is CC[C@@H]1CN(Cc2cc(C(CC(=O)O)c3ccc4c(nnn4C)c3C)cc3c2CCC3)S(=O)(=O)c2cc(Cl)ccc2O1. The minimum atomic E-state index is -3.92. The summed E-state index contributed by atoms with van der Waals surface area (Å²) in [6.45, 7) is 4.28. The smallest absolute Gasteiger partial charge is 0.304 e. The van der Waals surface area contributed by atoms with Gasteiger partial charge >= 0.3 is 5.97 Å². The van der Waals surface area contributed by atoms with Crippen molar-refractivity contribution >= 4 is 38.6 Å². The van der Waals surface area contributed by atoms with E-state index in [4.69, 9.17) is 16.3 Å². The van der Waals surface area contributed by atoms with Gasteiger partial charge in [-0.2, -0.15) is 4.31 Å². The lowest BCUT2D eigenvalue weighted by Gasteiger charge is -2.25. The standard InChI is InChI=1S/C31H33ClN4O5S/c1-4-23-17-36(42(39,40)29-14-22(32)8-11-28(29)41-23)16-21-13-20(12-19-6-5-7-25(19)21)26(15-30(37)38)24-9-10-27-31(18(24)2)33-34-35(27)3/h8-14,23,26H,4-7,15-17H2,1-3H3,(H,37,38)/t23-,26?/m1/s1. The third-order valence-corrected chi connectivity index (χ3v) is 10.7. The Balaban J connectivity index is 1.46. The first-order chi connectivity index (χ1) is 20.1. The van der Waals surface area contributed by atoms with Crippen LogP contribution in [-0.4, -0.2) is 51.4 Å². The average Bonchev–Trinajstić information content (AvgIpc) is 3.56. The fourth-order valence-electron chi connectivity index (χ4n) is 6.39. The van der Waals surface area contributed by atoms with Gasteiger partial charge in [-0.3, -0.25) is 4.79 Å². The fourth-order valence-corrected chi connectivity index (χ4v) is 8.22. The van der Waals surface area contributed by atoms with Crippen LogP contribution in [0.4, 0.5) is 0 Å². The number of aliphatic carboxylic acids is 1. The number of sulfonamides is 1. The van der Waals surface area contributed by atoms with Gasteiger partial charge in [0.2, 0.25) is 10.0 Å². The van der Waals surface area contributed by atoms with Crippen molar-refractivity contribution in [2.24, 2.45) is 7.05 Å². The summed E-state index contributed by atoms with van der Waals surface area (Å²) in [6, 6.07) is 12.7. The normalized spacial score (nSPS) is 18.7. The molecule has 1 aliphatic carbocycles. The zero-order valence-corrected chi connectivity index (χ0v) is 25.4. The van der Waals surface area contributed by atoms with Gasteiger partial charge in [0.25, 0.3) is 0 Å². The summed E-state index contributed by atoms with van der Waals surface area (Å²) >= 11 is 6.22. The number of fused-ring (bicyclic) bond motifs is 3. The van der Waals surface area contributed by atoms with E-state index in [0.29, 0.717) is 17.2 Å². The van der Waals surface area contributed by atoms with Gasteiger partial charge in [0.05, 0.1) is 18.5 Å². The van der Waals surface area contributed by atoms with Gasteiger partial charge in [-0.25, -0.2) is 13.1 Å². The molecule has 1 unspecified atom stereocenters. The quantitative estimate of drug-likeness (QED) is 0.299. The number of ether oxygens (including phenoxy) is 1. The largest absolute Gasteiger partial charge is 0.488 e. The van der Waals surface area contributed by atoms with E-state index in [1.165, 1.54) is 10.4 Å². The van der Waals surface area contributed by atoms with Crippen LogP contribution in [0.15, 0.2) is 47.4 Å². The summed E-state index contributed by atoms with van der Waals surface area (Å²) < 4.78 is 37.3. The maximum atomic E-state index is 14.0. The molecule has 0 saturated heterocycles. The van der Waals surface area contributed by atoms with Crippen molar-refractivity contribution in [3.8, 4) is 5.75 Å². The van der Waals surface area contributed by atoms with Crippen LogP contribution in [0, 0.1) is 6.92 Å². The maximum absolute atomic E-state index is 14.0. The third kappa shape index (κ3) is 5.05. The van der Waals surface area contributed by atoms with E-state index in [2.05, 4.69) is 16.4 Å². The van der Waals surface area contributed by atoms with Crippen molar-refractivity contribution in [2.45, 2.75) is 69.4 Å². The minimum Gasteiger partial charge on any atom is -0.488 e. The molecule has 0 amide bonds. The number of aromatic nitrogens is 3. The Morgan fingerprint density at radius 2 is 2.00 bits per heavy atom. The highest BCUT2D eigenvalue weighted by atomic mass is 35.5. The first kappa shape index (κ1) is 28.6. The van der Waals surface area contributed by atoms with Crippen LogP contribution in [0.25, 0.3) is 11.0 Å². The topological polar surface area (TPSA) is 115 Å². The number of benzene rings is 3. The Labute approximate surface area is 250 Å². The van der Waals surface area contributed by atoms with E-state index in [-0.39, 0.29) is 30.5 Å². The van der Waals surface area contributed by atoms with Gasteiger partial charge in [-0.1, -0.05) is 41.9 Å². The molecule has 0 spiro atoms. The number of nitrogens with zero attached hydrogens (tertiary/aromatic N) is 4. The lowest BCUT2D eigenvalue weighted by molar-refractivity contribution is -0.137. The van der Waals surface area contributed by atoms with Gasteiger partial charge in [-0.05, 0) is 90.3 Å². The van der Waals surface area contributed by atoms with E-state index >= 15 is 0 Å². The van der Waals surface area contributed by atoms with Gasteiger partial charge in [0.1, 0.15) is 22.3 Å². The van der Waals surface area contributed by atoms with E-state index in [1.807, 2.05) is 39.1 Å². The zero-order valence-electron chi connectivity index (χ0n) is 23.8. The van der Waals surface area contributed by atoms with E-state index < -0.39 is 21.9 Å². The van der Waals surface area contributed by atoms with Gasteiger partial charge in [0, 0.05) is 24.5 Å². The summed E-state index contributed by atoms with van der Waals surface area (Å²) in [4.78, 5) is 12.2. The Morgan fingerprint density at radius 1 is 1.19 bits per heavy atom. The summed E-state index contributed by atoms with van der Waals surface area (Å²) in [5.74, 6) is -1.04. The molecule has 2 atom stereocenters. The van der Waals surface area contributed by atoms with E-state index in [9.17, 15) is 18.3 Å². The molecule has 1 N–H and O–H groups in total. The van der Waals surface area contributed by atoms with E-state index in [1.54, 1.807) is 16.8 Å². The molecule has 1 aromatic heterocycles. The van der Waals surface area contributed by atoms with Crippen LogP contribution in [0.1, 0.15) is 65.5 Å². The Morgan fingerprint density at radius 3 is 2.76 bits per heavy atom. The van der Waals surface area contributed by atoms with Crippen molar-refractivity contribution < 1.29 is 23.1 Å². The predicted octanol–water partition coefficient (Wildman–Crippen LogP) is 5.39. The Bertz CT molecular complexity index is 1820. The number of carboxylic acids is 1. The number of carboxylic acid groups (broad SMARTS) is 1. The second-order valence-electron chi connectivity index (χ2n) is 11.2. The molecule has 3 aromatic carbocycles. The minimum absolute atomic E-state index is 0.0652. The molecule has 0 radical (unpaired) electrons. The van der Waals surface area contributed by atoms with Crippen LogP contribution in [-0.2, 0) is 41.3 Å². The predicted molar refractivity (Wildman–Crippen MR) is 160 cm³/mol. The van der Waals surface area contributed by atoms with Crippen LogP contribution in [0.5, 0.6) is 5.75 Å². The second kappa shape index (κ2) is 11.0. The molecule has 11 heteroatoms. The van der Waals surface area contributed by atoms with Gasteiger partial charge < -0.3 is 9.84 Å². The molecule has 220 valence electrons. The molecule has 2 heterocycles. The highest BCUT2D eigenvalue weighted by molar-refractivity contribution is 7.89. The number of hydrogen-bond acceptors (Lipinski definition) is 6. The van der Waals surface area contributed by atoms with Crippen LogP contribution in [0.2, 0.25) is 5.02 Å². The molecule has 9 nitrogen and oxygen atoms in total. The zero-order chi connectivity index (χ0) is 29.8. The van der Waals surface area contributed by atoms with Gasteiger partial charge in [-0.15, -0.1) is 5.10 Å². The highest BCUT2D eigenvalue weighted by Gasteiger charge is 2.36. The summed E-state index contributed by atoms with van der Waals surface area (Å²) in [5, 5.41) is 18.8. The molecule has 1 aliphatic heterocycles. The fraction of sp³-hybridized carbons (Fsp3) is 0.387. The van der Waals surface area contributed by atoms with Crippen LogP contribution in [0.3, 0.4) is 0 Å². The summed E-state index contributed by atoms with van der Waals surface area (Å²) in [6.07, 6.45) is 2.89. The molecule has 6 rings (SSSR count). The average molecular weight is 609 g/mol. The number of aryl methyl sites for hydroxylation is 3. The van der Waals surface area contributed by atoms with Crippen LogP contribution >= 0.6 is 11.6 Å². The van der Waals surface area contributed by atoms with Gasteiger partial charge in [0.15, 0.2) is 0 Å². The molecule has 0 bridgehead atoms. The molecule has 0 fully saturated rings. The van der Waals surface area contributed by atoms with E-state index in [0.717, 1.165) is 63.7 Å². The van der Waals surface area contributed by atoms with Crippen molar-refractivity contribution in [1.82, 2.24) is 19.3 Å². The summed E-state index contributed by atoms with van der Waals surface area (Å²) in [5.41, 5.74) is 7.43. The number of hydrogen-bond donors (Lipinski definition) is 1. The van der Waals surface area contributed by atoms with Crippen molar-refractivity contribution in [3.05, 3.63) is 80.9 Å². The number of carbonyl (C=O) groups is 1. The molecular formula is C31H33ClN4O5S. The third-order valence-electron chi connectivity index (χ3n) is 8.59. The lowest BCUT2D eigenvalue weighted by atomic mass is 9.83. The molecule has 4 aromatic rings. The van der Waals surface area contributed by atoms with Crippen molar-refractivity contribution in [2.75, 3.05) is 6.54 Å². The Kier molecular flexibility index (Phi) is 7.49. The molecule has 42 heavy (non-hydrogen) atoms.